The van der Waals surface area contributed by atoms with Gasteiger partial charge in [-0.2, -0.15) is 5.26 Å². The number of rotatable bonds is 7. The lowest BCUT2D eigenvalue weighted by molar-refractivity contribution is -0.124. The highest BCUT2D eigenvalue weighted by molar-refractivity contribution is 7.18. The minimum atomic E-state index is -0.238. The van der Waals surface area contributed by atoms with Crippen molar-refractivity contribution < 1.29 is 9.59 Å². The summed E-state index contributed by atoms with van der Waals surface area (Å²) in [6.07, 6.45) is 0.486. The van der Waals surface area contributed by atoms with Crippen molar-refractivity contribution in [2.75, 3.05) is 6.54 Å². The molecule has 136 valence electrons. The lowest BCUT2D eigenvalue weighted by Crippen LogP contribution is -2.30. The molecule has 3 aromatic rings. The molecule has 0 saturated heterocycles. The molecule has 1 amide bonds. The van der Waals surface area contributed by atoms with Crippen LogP contribution >= 0.6 is 11.3 Å². The van der Waals surface area contributed by atoms with Crippen LogP contribution in [0.15, 0.2) is 42.5 Å². The van der Waals surface area contributed by atoms with E-state index in [9.17, 15) is 9.59 Å². The van der Waals surface area contributed by atoms with Gasteiger partial charge in [-0.25, -0.2) is 4.98 Å². The van der Waals surface area contributed by atoms with Crippen LogP contribution in [0.3, 0.4) is 0 Å². The Balaban J connectivity index is 1.67. The van der Waals surface area contributed by atoms with Gasteiger partial charge in [0.05, 0.1) is 29.3 Å². The number of aryl methyl sites for hydroxylation is 1. The minimum Gasteiger partial charge on any atom is -0.349 e. The fourth-order valence-electron chi connectivity index (χ4n) is 2.74. The monoisotopic (exact) mass is 377 g/mol. The molecule has 2 aromatic carbocycles. The van der Waals surface area contributed by atoms with Crippen LogP contribution in [-0.2, 0) is 16.0 Å². The van der Waals surface area contributed by atoms with Crippen molar-refractivity contribution in [2.45, 2.75) is 26.2 Å². The Labute approximate surface area is 161 Å². The van der Waals surface area contributed by atoms with E-state index in [0.717, 1.165) is 21.3 Å². The molecule has 5 nitrogen and oxygen atoms in total. The van der Waals surface area contributed by atoms with Crippen LogP contribution in [0, 0.1) is 18.3 Å². The summed E-state index contributed by atoms with van der Waals surface area (Å²) in [6.45, 7) is 2.02. The molecule has 0 aliphatic heterocycles. The predicted molar refractivity (Wildman–Crippen MR) is 106 cm³/mol. The number of Topliss-reactive ketones (excluding diaryl/α,β-unsaturated/α-hetero) is 1. The molecule has 27 heavy (non-hydrogen) atoms. The maximum atomic E-state index is 12.0. The number of aromatic nitrogens is 1. The van der Waals surface area contributed by atoms with Gasteiger partial charge in [0.25, 0.3) is 0 Å². The molecule has 0 atom stereocenters. The van der Waals surface area contributed by atoms with Gasteiger partial charge >= 0.3 is 0 Å². The zero-order valence-corrected chi connectivity index (χ0v) is 15.8. The molecule has 1 aromatic heterocycles. The lowest BCUT2D eigenvalue weighted by Gasteiger charge is -2.02. The maximum absolute atomic E-state index is 12.0. The molecular weight excluding hydrogens is 358 g/mol. The van der Waals surface area contributed by atoms with Crippen LogP contribution in [0.25, 0.3) is 21.3 Å². The van der Waals surface area contributed by atoms with E-state index in [2.05, 4.69) is 41.5 Å². The number of hydrogen-bond donors (Lipinski definition) is 1. The Morgan fingerprint density at radius 1 is 1.19 bits per heavy atom. The molecule has 3 rings (SSSR count). The highest BCUT2D eigenvalue weighted by atomic mass is 32.1. The Kier molecular flexibility index (Phi) is 5.94. The first kappa shape index (κ1) is 18.7. The first-order valence-electron chi connectivity index (χ1n) is 8.67. The molecule has 0 unspecified atom stereocenters. The standard InChI is InChI=1S/C21H19N3O2S/c1-14-4-2-5-15(10-14)16-7-8-19-18(11-16)24-21(27-19)12-20(26)23-13-17(25)6-3-9-22/h2,4-5,7-8,10-11H,3,6,12-13H2,1H3,(H,23,26). The van der Waals surface area contributed by atoms with E-state index in [4.69, 9.17) is 5.26 Å². The summed E-state index contributed by atoms with van der Waals surface area (Å²) < 4.78 is 1.03. The smallest absolute Gasteiger partial charge is 0.227 e. The fourth-order valence-corrected chi connectivity index (χ4v) is 3.68. The zero-order valence-electron chi connectivity index (χ0n) is 15.0. The summed E-state index contributed by atoms with van der Waals surface area (Å²) in [5.74, 6) is -0.379. The van der Waals surface area contributed by atoms with Crippen LogP contribution in [0.4, 0.5) is 0 Å². The Hall–Kier alpha value is -3.04. The zero-order chi connectivity index (χ0) is 19.2. The second-order valence-corrected chi connectivity index (χ2v) is 7.43. The van der Waals surface area contributed by atoms with Crippen molar-refractivity contribution >= 4 is 33.2 Å². The van der Waals surface area contributed by atoms with Gasteiger partial charge in [-0.1, -0.05) is 35.9 Å². The predicted octanol–water partition coefficient (Wildman–Crippen LogP) is 3.80. The third kappa shape index (κ3) is 4.99. The normalized spacial score (nSPS) is 10.5. The molecule has 6 heteroatoms. The summed E-state index contributed by atoms with van der Waals surface area (Å²) in [5, 5.41) is 11.8. The van der Waals surface area contributed by atoms with Crippen LogP contribution < -0.4 is 5.32 Å². The molecule has 0 saturated carbocycles. The third-order valence-corrected chi connectivity index (χ3v) is 5.13. The highest BCUT2D eigenvalue weighted by Crippen LogP contribution is 2.28. The molecule has 0 aliphatic carbocycles. The number of carbonyl (C=O) groups is 2. The summed E-state index contributed by atoms with van der Waals surface area (Å²) >= 11 is 1.48. The van der Waals surface area contributed by atoms with Crippen molar-refractivity contribution in [1.82, 2.24) is 10.3 Å². The molecule has 1 N–H and O–H groups in total. The van der Waals surface area contributed by atoms with Gasteiger partial charge in [-0.3, -0.25) is 9.59 Å². The molecule has 0 radical (unpaired) electrons. The van der Waals surface area contributed by atoms with E-state index < -0.39 is 0 Å². The number of fused-ring (bicyclic) bond motifs is 1. The largest absolute Gasteiger partial charge is 0.349 e. The SMILES string of the molecule is Cc1cccc(-c2ccc3sc(CC(=O)NCC(=O)CCC#N)nc3c2)c1. The molecule has 1 heterocycles. The Morgan fingerprint density at radius 2 is 2.00 bits per heavy atom. The average molecular weight is 377 g/mol. The van der Waals surface area contributed by atoms with Crippen LogP contribution in [0.1, 0.15) is 23.4 Å². The lowest BCUT2D eigenvalue weighted by atomic mass is 10.0. The topological polar surface area (TPSA) is 82.9 Å². The van der Waals surface area contributed by atoms with Crippen molar-refractivity contribution in [3.05, 3.63) is 53.0 Å². The van der Waals surface area contributed by atoms with Crippen molar-refractivity contribution in [2.24, 2.45) is 0 Å². The first-order chi connectivity index (χ1) is 13.0. The number of nitrogens with zero attached hydrogens (tertiary/aromatic N) is 2. The van der Waals surface area contributed by atoms with Gasteiger partial charge in [0.2, 0.25) is 5.91 Å². The molecule has 0 bridgehead atoms. The number of nitriles is 1. The minimum absolute atomic E-state index is 0.0388. The quantitative estimate of drug-likeness (QED) is 0.679. The van der Waals surface area contributed by atoms with Crippen LogP contribution in [-0.4, -0.2) is 23.2 Å². The van der Waals surface area contributed by atoms with E-state index in [-0.39, 0.29) is 37.5 Å². The average Bonchev–Trinajstić information content (AvgIpc) is 3.06. The number of benzene rings is 2. The number of nitrogens with one attached hydrogen (secondary N) is 1. The summed E-state index contributed by atoms with van der Waals surface area (Å²) in [4.78, 5) is 28.1. The van der Waals surface area contributed by atoms with Gasteiger partial charge in [-0.05, 0) is 30.2 Å². The summed E-state index contributed by atoms with van der Waals surface area (Å²) in [6, 6.07) is 16.3. The van der Waals surface area contributed by atoms with Gasteiger partial charge in [0, 0.05) is 12.8 Å². The summed E-state index contributed by atoms with van der Waals surface area (Å²) in [7, 11) is 0. The van der Waals surface area contributed by atoms with Crippen LogP contribution in [0.5, 0.6) is 0 Å². The summed E-state index contributed by atoms with van der Waals surface area (Å²) in [5.41, 5.74) is 4.30. The number of carbonyl (C=O) groups excluding carboxylic acids is 2. The van der Waals surface area contributed by atoms with Crippen molar-refractivity contribution in [3.8, 4) is 17.2 Å². The van der Waals surface area contributed by atoms with E-state index in [0.29, 0.717) is 5.01 Å². The van der Waals surface area contributed by atoms with E-state index >= 15 is 0 Å². The highest BCUT2D eigenvalue weighted by Gasteiger charge is 2.11. The first-order valence-corrected chi connectivity index (χ1v) is 9.48. The molecule has 0 fully saturated rings. The number of ketones is 1. The van der Waals surface area contributed by atoms with E-state index in [1.165, 1.54) is 16.9 Å². The van der Waals surface area contributed by atoms with E-state index in [1.54, 1.807) is 0 Å². The maximum Gasteiger partial charge on any atom is 0.227 e. The number of amides is 1. The second kappa shape index (κ2) is 8.56. The van der Waals surface area contributed by atoms with E-state index in [1.807, 2.05) is 24.3 Å². The Bertz CT molecular complexity index is 1030. The van der Waals surface area contributed by atoms with Gasteiger partial charge < -0.3 is 5.32 Å². The molecule has 0 spiro atoms. The van der Waals surface area contributed by atoms with Crippen molar-refractivity contribution in [1.29, 1.82) is 5.26 Å². The second-order valence-electron chi connectivity index (χ2n) is 6.31. The fraction of sp³-hybridized carbons (Fsp3) is 0.238. The molecule has 0 aliphatic rings. The molecular formula is C21H19N3O2S. The number of thiazole rings is 1. The van der Waals surface area contributed by atoms with Crippen molar-refractivity contribution in [3.63, 3.8) is 0 Å². The number of hydrogen-bond acceptors (Lipinski definition) is 5. The van der Waals surface area contributed by atoms with Gasteiger partial charge in [0.15, 0.2) is 5.78 Å². The van der Waals surface area contributed by atoms with Gasteiger partial charge in [-0.15, -0.1) is 11.3 Å². The van der Waals surface area contributed by atoms with Gasteiger partial charge in [0.1, 0.15) is 5.01 Å². The third-order valence-electron chi connectivity index (χ3n) is 4.09. The Morgan fingerprint density at radius 3 is 2.78 bits per heavy atom. The van der Waals surface area contributed by atoms with Crippen LogP contribution in [0.2, 0.25) is 0 Å².